The predicted octanol–water partition coefficient (Wildman–Crippen LogP) is 1.95. The molecule has 1 rings (SSSR count). The zero-order chi connectivity index (χ0) is 12.6. The molecule has 0 N–H and O–H groups in total. The van der Waals surface area contributed by atoms with E-state index in [4.69, 9.17) is 0 Å². The summed E-state index contributed by atoms with van der Waals surface area (Å²) in [6, 6.07) is 0. The highest BCUT2D eigenvalue weighted by atomic mass is 32.2. The van der Waals surface area contributed by atoms with Gasteiger partial charge in [0.15, 0.2) is 22.4 Å². The maximum atomic E-state index is 12.2. The first kappa shape index (κ1) is 13.1. The third kappa shape index (κ3) is 1.94. The van der Waals surface area contributed by atoms with Crippen molar-refractivity contribution in [2.75, 3.05) is 0 Å². The van der Waals surface area contributed by atoms with Gasteiger partial charge in [-0.05, 0) is 20.8 Å². The van der Waals surface area contributed by atoms with Crippen LogP contribution in [0.4, 0.5) is 0 Å². The van der Waals surface area contributed by atoms with Crippen LogP contribution in [0, 0.1) is 0 Å². The van der Waals surface area contributed by atoms with Crippen molar-refractivity contribution in [3.63, 3.8) is 0 Å². The average Bonchev–Trinajstić information content (AvgIpc) is 2.58. The summed E-state index contributed by atoms with van der Waals surface area (Å²) in [6.45, 7) is 4.59. The molecule has 0 aliphatic rings. The van der Waals surface area contributed by atoms with Gasteiger partial charge in [-0.25, -0.2) is 8.42 Å². The van der Waals surface area contributed by atoms with Gasteiger partial charge >= 0.3 is 0 Å². The average molecular weight is 260 g/mol. The molecule has 0 bridgehead atoms. The molecule has 1 heterocycles. The van der Waals surface area contributed by atoms with E-state index in [1.807, 2.05) is 0 Å². The maximum absolute atomic E-state index is 12.2. The van der Waals surface area contributed by atoms with Crippen molar-refractivity contribution in [1.29, 1.82) is 0 Å². The number of hydrogen-bond acceptors (Lipinski definition) is 5. The lowest BCUT2D eigenvalue weighted by Crippen LogP contribution is -2.29. The summed E-state index contributed by atoms with van der Waals surface area (Å²) < 4.78 is 23.3. The summed E-state index contributed by atoms with van der Waals surface area (Å²) in [5.41, 5.74) is 0.0574. The first-order valence-corrected chi connectivity index (χ1v) is 6.88. The molecule has 0 aliphatic carbocycles. The third-order valence-electron chi connectivity index (χ3n) is 2.11. The number of thiophene rings is 1. The van der Waals surface area contributed by atoms with Gasteiger partial charge in [0.25, 0.3) is 0 Å². The summed E-state index contributed by atoms with van der Waals surface area (Å²) in [5, 5.41) is 1.38. The van der Waals surface area contributed by atoms with Gasteiger partial charge in [-0.3, -0.25) is 9.59 Å². The van der Waals surface area contributed by atoms with E-state index >= 15 is 0 Å². The molecule has 0 unspecified atom stereocenters. The van der Waals surface area contributed by atoms with Crippen molar-refractivity contribution in [3.8, 4) is 0 Å². The van der Waals surface area contributed by atoms with Gasteiger partial charge in [0.1, 0.15) is 0 Å². The molecule has 0 saturated carbocycles. The topological polar surface area (TPSA) is 68.3 Å². The Morgan fingerprint density at radius 3 is 2.12 bits per heavy atom. The van der Waals surface area contributed by atoms with Crippen molar-refractivity contribution >= 4 is 33.7 Å². The number of carbonyl (C=O) groups is 2. The molecule has 88 valence electrons. The molecular weight excluding hydrogens is 248 g/mol. The van der Waals surface area contributed by atoms with Crippen molar-refractivity contribution in [2.45, 2.75) is 30.4 Å². The van der Waals surface area contributed by atoms with Crippen molar-refractivity contribution in [2.24, 2.45) is 0 Å². The number of hydrogen-bond donors (Lipinski definition) is 0. The van der Waals surface area contributed by atoms with Crippen LogP contribution in [0.2, 0.25) is 0 Å². The van der Waals surface area contributed by atoms with Crippen molar-refractivity contribution in [1.82, 2.24) is 0 Å². The highest BCUT2D eigenvalue weighted by Crippen LogP contribution is 2.32. The van der Waals surface area contributed by atoms with E-state index in [0.717, 1.165) is 11.3 Å². The predicted molar refractivity (Wildman–Crippen MR) is 62.0 cm³/mol. The van der Waals surface area contributed by atoms with Crippen LogP contribution in [0.15, 0.2) is 10.3 Å². The molecule has 4 nitrogen and oxygen atoms in total. The third-order valence-corrected chi connectivity index (χ3v) is 5.77. The molecule has 0 aliphatic heterocycles. The first-order valence-electron chi connectivity index (χ1n) is 4.52. The Morgan fingerprint density at radius 1 is 1.19 bits per heavy atom. The fourth-order valence-corrected chi connectivity index (χ4v) is 3.73. The van der Waals surface area contributed by atoms with Crippen LogP contribution in [0.25, 0.3) is 0 Å². The quantitative estimate of drug-likeness (QED) is 0.779. The van der Waals surface area contributed by atoms with Gasteiger partial charge in [-0.1, -0.05) is 0 Å². The highest BCUT2D eigenvalue weighted by molar-refractivity contribution is 7.93. The SMILES string of the molecule is CC(C)(C)S(=O)(=O)c1c(C=O)csc1C=O. The number of rotatable bonds is 3. The molecule has 16 heavy (non-hydrogen) atoms. The molecule has 0 spiro atoms. The summed E-state index contributed by atoms with van der Waals surface area (Å²) in [5.74, 6) is 0. The lowest BCUT2D eigenvalue weighted by molar-refractivity contribution is 0.112. The molecule has 6 heteroatoms. The van der Waals surface area contributed by atoms with Crippen LogP contribution in [0.5, 0.6) is 0 Å². The fraction of sp³-hybridized carbons (Fsp3) is 0.400. The maximum Gasteiger partial charge on any atom is 0.185 e. The van der Waals surface area contributed by atoms with E-state index in [1.54, 1.807) is 0 Å². The monoisotopic (exact) mass is 260 g/mol. The van der Waals surface area contributed by atoms with Crippen molar-refractivity contribution in [3.05, 3.63) is 15.8 Å². The van der Waals surface area contributed by atoms with E-state index in [2.05, 4.69) is 0 Å². The van der Waals surface area contributed by atoms with Gasteiger partial charge in [0.2, 0.25) is 0 Å². The molecule has 0 aromatic carbocycles. The summed E-state index contributed by atoms with van der Waals surface area (Å²) in [7, 11) is -3.67. The normalized spacial score (nSPS) is 12.4. The number of carbonyl (C=O) groups excluding carboxylic acids is 2. The standard InChI is InChI=1S/C10H12O4S2/c1-10(2,3)16(13,14)9-7(4-11)6-15-8(9)5-12/h4-6H,1-3H3. The Bertz CT molecular complexity index is 492. The van der Waals surface area contributed by atoms with Crippen LogP contribution in [-0.2, 0) is 9.84 Å². The molecule has 0 amide bonds. The second-order valence-corrected chi connectivity index (χ2v) is 7.79. The molecule has 0 atom stereocenters. The molecule has 0 fully saturated rings. The van der Waals surface area contributed by atoms with Crippen LogP contribution in [0.1, 0.15) is 40.8 Å². The summed E-state index contributed by atoms with van der Waals surface area (Å²) in [6.07, 6.45) is 0.929. The van der Waals surface area contributed by atoms with Crippen LogP contribution >= 0.6 is 11.3 Å². The van der Waals surface area contributed by atoms with Gasteiger partial charge in [-0.2, -0.15) is 0 Å². The van der Waals surface area contributed by atoms with Crippen LogP contribution < -0.4 is 0 Å². The minimum Gasteiger partial charge on any atom is -0.298 e. The Morgan fingerprint density at radius 2 is 1.75 bits per heavy atom. The lowest BCUT2D eigenvalue weighted by Gasteiger charge is -2.19. The minimum absolute atomic E-state index is 0.0574. The van der Waals surface area contributed by atoms with E-state index < -0.39 is 14.6 Å². The Labute approximate surface area is 98.2 Å². The Hall–Kier alpha value is -1.01. The van der Waals surface area contributed by atoms with E-state index in [1.165, 1.54) is 26.2 Å². The van der Waals surface area contributed by atoms with Gasteiger partial charge in [-0.15, -0.1) is 11.3 Å². The van der Waals surface area contributed by atoms with Gasteiger partial charge in [0, 0.05) is 10.9 Å². The largest absolute Gasteiger partial charge is 0.298 e. The zero-order valence-corrected chi connectivity index (χ0v) is 10.8. The summed E-state index contributed by atoms with van der Waals surface area (Å²) >= 11 is 0.965. The fourth-order valence-electron chi connectivity index (χ4n) is 1.13. The molecule has 1 aromatic rings. The van der Waals surface area contributed by atoms with Crippen LogP contribution in [-0.4, -0.2) is 25.7 Å². The Balaban J connectivity index is 3.61. The molecule has 1 aromatic heterocycles. The second kappa shape index (κ2) is 4.10. The minimum atomic E-state index is -3.67. The second-order valence-electron chi connectivity index (χ2n) is 4.24. The molecule has 0 radical (unpaired) electrons. The number of aldehydes is 2. The van der Waals surface area contributed by atoms with Crippen molar-refractivity contribution < 1.29 is 18.0 Å². The van der Waals surface area contributed by atoms with Crippen LogP contribution in [0.3, 0.4) is 0 Å². The van der Waals surface area contributed by atoms with E-state index in [0.29, 0.717) is 12.6 Å². The highest BCUT2D eigenvalue weighted by Gasteiger charge is 2.35. The zero-order valence-electron chi connectivity index (χ0n) is 9.18. The summed E-state index contributed by atoms with van der Waals surface area (Å²) in [4.78, 5) is 21.5. The first-order chi connectivity index (χ1) is 7.25. The van der Waals surface area contributed by atoms with E-state index in [9.17, 15) is 18.0 Å². The molecule has 0 saturated heterocycles. The van der Waals surface area contributed by atoms with Gasteiger partial charge < -0.3 is 0 Å². The van der Waals surface area contributed by atoms with Gasteiger partial charge in [0.05, 0.1) is 14.5 Å². The Kier molecular flexibility index (Phi) is 3.35. The van der Waals surface area contributed by atoms with E-state index in [-0.39, 0.29) is 15.3 Å². The lowest BCUT2D eigenvalue weighted by atomic mass is 10.3. The number of sulfone groups is 1. The molecular formula is C10H12O4S2. The smallest absolute Gasteiger partial charge is 0.185 e.